The molecule has 2 amide bonds. The Bertz CT molecular complexity index is 612. The molecule has 2 aromatic carbocycles. The van der Waals surface area contributed by atoms with Crippen LogP contribution in [-0.2, 0) is 13.0 Å². The fraction of sp³-hybridized carbons (Fsp3) is 0.278. The van der Waals surface area contributed by atoms with E-state index in [0.717, 1.165) is 17.7 Å². The van der Waals surface area contributed by atoms with E-state index in [1.54, 1.807) is 12.1 Å². The zero-order valence-corrected chi connectivity index (χ0v) is 13.1. The molecule has 23 heavy (non-hydrogen) atoms. The highest BCUT2D eigenvalue weighted by Crippen LogP contribution is 2.12. The van der Waals surface area contributed by atoms with Crippen molar-refractivity contribution in [2.75, 3.05) is 13.2 Å². The van der Waals surface area contributed by atoms with Crippen LogP contribution in [0.25, 0.3) is 0 Å². The molecule has 0 radical (unpaired) electrons. The summed E-state index contributed by atoms with van der Waals surface area (Å²) in [5.41, 5.74) is 2.10. The van der Waals surface area contributed by atoms with Gasteiger partial charge in [-0.1, -0.05) is 31.2 Å². The molecule has 2 aromatic rings. The lowest BCUT2D eigenvalue weighted by atomic mass is 10.2. The van der Waals surface area contributed by atoms with E-state index in [1.807, 2.05) is 24.3 Å². The normalized spacial score (nSPS) is 10.2. The summed E-state index contributed by atoms with van der Waals surface area (Å²) in [7, 11) is 0. The molecule has 2 N–H and O–H groups in total. The second-order valence-corrected chi connectivity index (χ2v) is 5.08. The number of hydrogen-bond acceptors (Lipinski definition) is 2. The van der Waals surface area contributed by atoms with Gasteiger partial charge in [0.2, 0.25) is 0 Å². The summed E-state index contributed by atoms with van der Waals surface area (Å²) in [6, 6.07) is 13.6. The third kappa shape index (κ3) is 5.98. The van der Waals surface area contributed by atoms with Crippen LogP contribution < -0.4 is 15.4 Å². The van der Waals surface area contributed by atoms with E-state index in [1.165, 1.54) is 17.7 Å². The number of nitrogens with one attached hydrogen (secondary N) is 2. The zero-order chi connectivity index (χ0) is 16.5. The second-order valence-electron chi connectivity index (χ2n) is 5.08. The molecule has 0 aliphatic rings. The smallest absolute Gasteiger partial charge is 0.315 e. The van der Waals surface area contributed by atoms with Crippen LogP contribution in [0.1, 0.15) is 18.1 Å². The first-order valence-electron chi connectivity index (χ1n) is 7.65. The minimum Gasteiger partial charge on any atom is -0.492 e. The lowest BCUT2D eigenvalue weighted by Gasteiger charge is -2.09. The maximum absolute atomic E-state index is 12.8. The van der Waals surface area contributed by atoms with Crippen molar-refractivity contribution in [1.82, 2.24) is 10.6 Å². The maximum Gasteiger partial charge on any atom is 0.315 e. The van der Waals surface area contributed by atoms with Gasteiger partial charge in [-0.25, -0.2) is 9.18 Å². The Balaban J connectivity index is 1.61. The molecule has 0 unspecified atom stereocenters. The van der Waals surface area contributed by atoms with Gasteiger partial charge in [-0.3, -0.25) is 0 Å². The predicted octanol–water partition coefficient (Wildman–Crippen LogP) is 3.27. The van der Waals surface area contributed by atoms with Crippen LogP contribution in [0.3, 0.4) is 0 Å². The number of carbonyl (C=O) groups is 1. The number of carbonyl (C=O) groups excluding carboxylic acids is 1. The number of rotatable bonds is 7. The quantitative estimate of drug-likeness (QED) is 0.770. The number of halogens is 1. The van der Waals surface area contributed by atoms with E-state index in [4.69, 9.17) is 4.74 Å². The molecule has 0 heterocycles. The highest BCUT2D eigenvalue weighted by atomic mass is 19.1. The minimum absolute atomic E-state index is 0.278. The fourth-order valence-electron chi connectivity index (χ4n) is 2.00. The number of urea groups is 1. The van der Waals surface area contributed by atoms with Crippen molar-refractivity contribution in [3.63, 3.8) is 0 Å². The largest absolute Gasteiger partial charge is 0.492 e. The van der Waals surface area contributed by atoms with Gasteiger partial charge in [-0.2, -0.15) is 0 Å². The molecule has 0 spiro atoms. The average Bonchev–Trinajstić information content (AvgIpc) is 2.59. The van der Waals surface area contributed by atoms with Gasteiger partial charge in [-0.15, -0.1) is 0 Å². The van der Waals surface area contributed by atoms with Gasteiger partial charge in [-0.05, 0) is 41.8 Å². The Morgan fingerprint density at radius 2 is 1.65 bits per heavy atom. The average molecular weight is 316 g/mol. The molecule has 0 aliphatic carbocycles. The molecule has 0 atom stereocenters. The summed E-state index contributed by atoms with van der Waals surface area (Å²) in [5, 5.41) is 5.41. The zero-order valence-electron chi connectivity index (χ0n) is 13.1. The summed E-state index contributed by atoms with van der Waals surface area (Å²) in [5.74, 6) is 0.498. The van der Waals surface area contributed by atoms with Crippen molar-refractivity contribution in [2.24, 2.45) is 0 Å². The van der Waals surface area contributed by atoms with Crippen molar-refractivity contribution < 1.29 is 13.9 Å². The molecule has 2 rings (SSSR count). The van der Waals surface area contributed by atoms with Crippen LogP contribution >= 0.6 is 0 Å². The van der Waals surface area contributed by atoms with Crippen LogP contribution in [0.5, 0.6) is 5.75 Å². The molecule has 0 fully saturated rings. The molecule has 5 heteroatoms. The van der Waals surface area contributed by atoms with Gasteiger partial charge in [0.1, 0.15) is 18.2 Å². The topological polar surface area (TPSA) is 50.4 Å². The first kappa shape index (κ1) is 16.8. The Morgan fingerprint density at radius 3 is 2.30 bits per heavy atom. The van der Waals surface area contributed by atoms with Crippen LogP contribution in [0.4, 0.5) is 9.18 Å². The SMILES string of the molecule is CCc1ccc(OCCNC(=O)NCc2ccc(F)cc2)cc1. The first-order valence-corrected chi connectivity index (χ1v) is 7.65. The van der Waals surface area contributed by atoms with Gasteiger partial charge in [0.15, 0.2) is 0 Å². The summed E-state index contributed by atoms with van der Waals surface area (Å²) < 4.78 is 18.3. The van der Waals surface area contributed by atoms with E-state index in [0.29, 0.717) is 19.7 Å². The van der Waals surface area contributed by atoms with E-state index in [-0.39, 0.29) is 11.8 Å². The van der Waals surface area contributed by atoms with E-state index >= 15 is 0 Å². The van der Waals surface area contributed by atoms with Crippen LogP contribution in [-0.4, -0.2) is 19.2 Å². The van der Waals surface area contributed by atoms with Gasteiger partial charge >= 0.3 is 6.03 Å². The molecule has 0 bridgehead atoms. The van der Waals surface area contributed by atoms with Gasteiger partial charge in [0, 0.05) is 6.54 Å². The molecule has 4 nitrogen and oxygen atoms in total. The van der Waals surface area contributed by atoms with Crippen molar-refractivity contribution in [1.29, 1.82) is 0 Å². The third-order valence-electron chi connectivity index (χ3n) is 3.35. The summed E-state index contributed by atoms with van der Waals surface area (Å²) >= 11 is 0. The lowest BCUT2D eigenvalue weighted by Crippen LogP contribution is -2.37. The predicted molar refractivity (Wildman–Crippen MR) is 88.0 cm³/mol. The number of ether oxygens (including phenoxy) is 1. The van der Waals surface area contributed by atoms with Crippen molar-refractivity contribution in [2.45, 2.75) is 19.9 Å². The van der Waals surface area contributed by atoms with Crippen LogP contribution in [0, 0.1) is 5.82 Å². The van der Waals surface area contributed by atoms with E-state index in [9.17, 15) is 9.18 Å². The minimum atomic E-state index is -0.290. The number of benzene rings is 2. The second kappa shape index (κ2) is 8.78. The van der Waals surface area contributed by atoms with Gasteiger partial charge in [0.25, 0.3) is 0 Å². The highest BCUT2D eigenvalue weighted by Gasteiger charge is 2.01. The molecule has 0 saturated carbocycles. The Hall–Kier alpha value is -2.56. The Labute approximate surface area is 135 Å². The van der Waals surface area contributed by atoms with E-state index < -0.39 is 0 Å². The van der Waals surface area contributed by atoms with Gasteiger partial charge < -0.3 is 15.4 Å². The molecule has 0 saturated heterocycles. The lowest BCUT2D eigenvalue weighted by molar-refractivity contribution is 0.236. The summed E-state index contributed by atoms with van der Waals surface area (Å²) in [6.45, 7) is 3.26. The maximum atomic E-state index is 12.8. The van der Waals surface area contributed by atoms with Crippen molar-refractivity contribution in [3.8, 4) is 5.75 Å². The molecular weight excluding hydrogens is 295 g/mol. The molecule has 0 aliphatic heterocycles. The highest BCUT2D eigenvalue weighted by molar-refractivity contribution is 5.73. The monoisotopic (exact) mass is 316 g/mol. The Morgan fingerprint density at radius 1 is 1.00 bits per heavy atom. The molecule has 122 valence electrons. The van der Waals surface area contributed by atoms with Crippen LogP contribution in [0.2, 0.25) is 0 Å². The molecule has 0 aromatic heterocycles. The standard InChI is InChI=1S/C18H21FN2O2/c1-2-14-5-9-17(10-6-14)23-12-11-20-18(22)21-13-15-3-7-16(19)8-4-15/h3-10H,2,11-13H2,1H3,(H2,20,21,22). The Kier molecular flexibility index (Phi) is 6.41. The van der Waals surface area contributed by atoms with E-state index in [2.05, 4.69) is 17.6 Å². The first-order chi connectivity index (χ1) is 11.2. The van der Waals surface area contributed by atoms with Crippen molar-refractivity contribution in [3.05, 3.63) is 65.5 Å². The summed E-state index contributed by atoms with van der Waals surface area (Å²) in [4.78, 5) is 11.6. The van der Waals surface area contributed by atoms with Gasteiger partial charge in [0.05, 0.1) is 6.54 Å². The summed E-state index contributed by atoms with van der Waals surface area (Å²) in [6.07, 6.45) is 0.996. The number of amides is 2. The fourth-order valence-corrected chi connectivity index (χ4v) is 2.00. The van der Waals surface area contributed by atoms with Crippen molar-refractivity contribution >= 4 is 6.03 Å². The number of aryl methyl sites for hydroxylation is 1. The van der Waals surface area contributed by atoms with Crippen LogP contribution in [0.15, 0.2) is 48.5 Å². The third-order valence-corrected chi connectivity index (χ3v) is 3.35. The molecular formula is C18H21FN2O2. The number of hydrogen-bond donors (Lipinski definition) is 2.